The quantitative estimate of drug-likeness (QED) is 0.0212. The summed E-state index contributed by atoms with van der Waals surface area (Å²) in [5.41, 5.74) is 0. The van der Waals surface area contributed by atoms with Crippen molar-refractivity contribution < 1.29 is 83.8 Å². The highest BCUT2D eigenvalue weighted by Gasteiger charge is 2.54. The molecule has 2 rings (SSSR count). The minimum Gasteiger partial charge on any atom is -0.756 e. The van der Waals surface area contributed by atoms with E-state index < -0.39 is 113 Å². The van der Waals surface area contributed by atoms with E-state index in [1.165, 1.54) is 161 Å². The zero-order valence-electron chi connectivity index (χ0n) is 46.4. The van der Waals surface area contributed by atoms with Crippen LogP contribution in [0.5, 0.6) is 0 Å². The molecule has 1 heterocycles. The smallest absolute Gasteiger partial charge is 0.268 e. The van der Waals surface area contributed by atoms with Gasteiger partial charge in [-0.15, -0.1) is 0 Å². The Labute approximate surface area is 451 Å². The lowest BCUT2D eigenvalue weighted by molar-refractivity contribution is -0.341. The largest absolute Gasteiger partial charge is 0.756 e. The molecule has 1 aliphatic carbocycles. The van der Waals surface area contributed by atoms with Crippen LogP contribution in [0.2, 0.25) is 0 Å². The van der Waals surface area contributed by atoms with Crippen LogP contribution in [0.3, 0.4) is 0 Å². The Morgan fingerprint density at radius 3 is 1.28 bits per heavy atom. The Bertz CT molecular complexity index is 1420. The zero-order chi connectivity index (χ0) is 55.3. The third-order valence-corrected chi connectivity index (χ3v) is 16.3. The average Bonchev–Trinajstić information content (AvgIpc) is 3.39. The minimum absolute atomic E-state index is 0.0755. The van der Waals surface area contributed by atoms with Gasteiger partial charge >= 0.3 is 0 Å². The summed E-state index contributed by atoms with van der Waals surface area (Å²) in [6.07, 6.45) is 16.6. The lowest BCUT2D eigenvalue weighted by atomic mass is 9.84. The first-order valence-electron chi connectivity index (χ1n) is 30.1. The van der Waals surface area contributed by atoms with Gasteiger partial charge in [-0.3, -0.25) is 9.36 Å². The van der Waals surface area contributed by atoms with E-state index >= 15 is 0 Å². The molecule has 1 aliphatic heterocycles. The second kappa shape index (κ2) is 42.9. The molecule has 446 valence electrons. The van der Waals surface area contributed by atoms with Gasteiger partial charge in [0.2, 0.25) is 5.91 Å². The van der Waals surface area contributed by atoms with Gasteiger partial charge in [0.1, 0.15) is 67.1 Å². The lowest BCUT2D eigenvalue weighted by Crippen LogP contribution is -2.67. The lowest BCUT2D eigenvalue weighted by Gasteiger charge is -2.47. The Kier molecular flexibility index (Phi) is 40.2. The second-order valence-corrected chi connectivity index (χ2v) is 23.4. The van der Waals surface area contributed by atoms with Crippen LogP contribution in [-0.4, -0.2) is 156 Å². The number of hydrogen-bond donors (Lipinski definition) is 11. The first kappa shape index (κ1) is 70.2. The fraction of sp³-hybridized carbons (Fsp3) is 0.982. The van der Waals surface area contributed by atoms with Crippen molar-refractivity contribution in [2.75, 3.05) is 13.2 Å². The molecular formula is C56H109NO17P-. The van der Waals surface area contributed by atoms with Crippen LogP contribution in [0.25, 0.3) is 0 Å². The van der Waals surface area contributed by atoms with Crippen molar-refractivity contribution in [3.05, 3.63) is 0 Å². The molecule has 0 radical (unpaired) electrons. The molecule has 2 unspecified atom stereocenters. The maximum atomic E-state index is 13.4. The first-order valence-corrected chi connectivity index (χ1v) is 31.5. The van der Waals surface area contributed by atoms with Crippen molar-refractivity contribution in [1.82, 2.24) is 5.32 Å². The highest BCUT2D eigenvalue weighted by molar-refractivity contribution is 7.45. The van der Waals surface area contributed by atoms with E-state index in [0.717, 1.165) is 51.4 Å². The molecule has 0 bridgehead atoms. The van der Waals surface area contributed by atoms with Gasteiger partial charge in [0.05, 0.1) is 25.4 Å². The molecule has 1 saturated carbocycles. The predicted octanol–water partition coefficient (Wildman–Crippen LogP) is 7.18. The Hall–Kier alpha value is -0.900. The number of amides is 1. The number of ether oxygens (including phenoxy) is 2. The first-order chi connectivity index (χ1) is 36.1. The van der Waals surface area contributed by atoms with Crippen LogP contribution >= 0.6 is 7.82 Å². The van der Waals surface area contributed by atoms with Gasteiger partial charge < -0.3 is 79.8 Å². The third-order valence-electron chi connectivity index (χ3n) is 15.4. The second-order valence-electron chi connectivity index (χ2n) is 22.0. The maximum Gasteiger partial charge on any atom is 0.268 e. The monoisotopic (exact) mass is 1100 g/mol. The number of phosphoric acid groups is 1. The van der Waals surface area contributed by atoms with Crippen LogP contribution in [0.1, 0.15) is 251 Å². The predicted molar refractivity (Wildman–Crippen MR) is 287 cm³/mol. The fourth-order valence-corrected chi connectivity index (χ4v) is 11.3. The van der Waals surface area contributed by atoms with Gasteiger partial charge in [0, 0.05) is 6.42 Å². The van der Waals surface area contributed by atoms with Crippen molar-refractivity contribution in [2.24, 2.45) is 0 Å². The van der Waals surface area contributed by atoms with Crippen molar-refractivity contribution in [3.8, 4) is 0 Å². The third kappa shape index (κ3) is 29.9. The highest BCUT2D eigenvalue weighted by Crippen LogP contribution is 2.44. The Morgan fingerprint density at radius 1 is 0.520 bits per heavy atom. The van der Waals surface area contributed by atoms with E-state index in [2.05, 4.69) is 19.2 Å². The van der Waals surface area contributed by atoms with Gasteiger partial charge in [0.15, 0.2) is 6.29 Å². The number of carbonyl (C=O) groups is 1. The van der Waals surface area contributed by atoms with E-state index in [-0.39, 0.29) is 12.8 Å². The summed E-state index contributed by atoms with van der Waals surface area (Å²) in [5, 5.41) is 108. The number of aliphatic hydroxyl groups excluding tert-OH is 10. The molecule has 2 aliphatic rings. The van der Waals surface area contributed by atoms with E-state index in [1.54, 1.807) is 0 Å². The van der Waals surface area contributed by atoms with E-state index in [9.17, 15) is 65.3 Å². The van der Waals surface area contributed by atoms with Crippen LogP contribution < -0.4 is 10.2 Å². The molecule has 11 N–H and O–H groups in total. The SMILES string of the molecule is CCCCCCCCCCCCCCCCCCCCCCCCCC(=O)N[C@@H](COP(=O)([O-])O[C@@H]1[C@H](O)[C@H](O)[C@@H](O)[C@H](O)[C@H]1O[C@@H]1O[C@H](CO)[C@@H](O)[C@H](O)[C@@H]1O)[C@H](O)C(O)CCCCCCCCCCCCCC. The number of unbranched alkanes of at least 4 members (excludes halogenated alkanes) is 33. The van der Waals surface area contributed by atoms with E-state index in [0.29, 0.717) is 12.8 Å². The topological polar surface area (TPSA) is 308 Å². The highest BCUT2D eigenvalue weighted by atomic mass is 31.2. The average molecular weight is 1100 g/mol. The standard InChI is InChI=1S/C56H110NO17P/c1-3-5-7-9-11-13-15-17-18-19-20-21-22-23-24-25-26-27-29-31-33-35-37-39-45(60)57-42(46(61)43(59)38-36-34-32-30-28-16-14-12-10-8-6-4-2)41-71-75(69,70)74-55-52(67)50(65)49(64)51(66)54(55)73-56-53(68)48(63)47(62)44(40-58)72-56/h42-44,46-56,58-59,61-68H,3-41H2,1-2H3,(H,57,60)(H,69,70)/p-1/t42-,43?,44+,46-,47+,48-,49+,50+,51-,52+,53-,54+,55+,56-/m0/s1. The number of hydrogen-bond acceptors (Lipinski definition) is 17. The van der Waals surface area contributed by atoms with Gasteiger partial charge in [-0.2, -0.15) is 0 Å². The van der Waals surface area contributed by atoms with E-state index in [1.807, 2.05) is 0 Å². The van der Waals surface area contributed by atoms with Crippen LogP contribution in [0.15, 0.2) is 0 Å². The van der Waals surface area contributed by atoms with Crippen LogP contribution in [0.4, 0.5) is 0 Å². The minimum atomic E-state index is -5.67. The molecule has 0 aromatic heterocycles. The fourth-order valence-electron chi connectivity index (χ4n) is 10.4. The van der Waals surface area contributed by atoms with Gasteiger partial charge in [-0.05, 0) is 12.8 Å². The number of aliphatic hydroxyl groups is 10. The molecule has 0 spiro atoms. The van der Waals surface area contributed by atoms with Crippen molar-refractivity contribution in [3.63, 3.8) is 0 Å². The normalized spacial score (nSPS) is 27.2. The van der Waals surface area contributed by atoms with Gasteiger partial charge in [-0.1, -0.05) is 232 Å². The van der Waals surface area contributed by atoms with Gasteiger partial charge in [-0.25, -0.2) is 0 Å². The molecule has 0 aromatic rings. The molecule has 2 fully saturated rings. The summed E-state index contributed by atoms with van der Waals surface area (Å²) in [4.78, 5) is 26.7. The van der Waals surface area contributed by atoms with Crippen LogP contribution in [-0.2, 0) is 27.9 Å². The summed E-state index contributed by atoms with van der Waals surface area (Å²) in [6, 6.07) is -1.45. The number of carbonyl (C=O) groups excluding carboxylic acids is 1. The van der Waals surface area contributed by atoms with Crippen molar-refractivity contribution in [2.45, 2.75) is 337 Å². The number of phosphoric ester groups is 1. The summed E-state index contributed by atoms with van der Waals surface area (Å²) >= 11 is 0. The number of nitrogens with one attached hydrogen (secondary N) is 1. The molecule has 75 heavy (non-hydrogen) atoms. The summed E-state index contributed by atoms with van der Waals surface area (Å²) < 4.78 is 34.5. The van der Waals surface area contributed by atoms with Crippen LogP contribution in [0, 0.1) is 0 Å². The molecule has 1 amide bonds. The molecule has 0 aromatic carbocycles. The summed E-state index contributed by atoms with van der Waals surface area (Å²) in [7, 11) is -5.67. The molecular weight excluding hydrogens is 990 g/mol. The van der Waals surface area contributed by atoms with E-state index in [4.69, 9.17) is 18.5 Å². The van der Waals surface area contributed by atoms with Gasteiger partial charge in [0.25, 0.3) is 7.82 Å². The maximum absolute atomic E-state index is 13.4. The number of rotatable bonds is 48. The Balaban J connectivity index is 1.86. The van der Waals surface area contributed by atoms with Crippen molar-refractivity contribution in [1.29, 1.82) is 0 Å². The van der Waals surface area contributed by atoms with Crippen molar-refractivity contribution >= 4 is 13.7 Å². The summed E-state index contributed by atoms with van der Waals surface area (Å²) in [6.45, 7) is 2.68. The molecule has 15 atom stereocenters. The summed E-state index contributed by atoms with van der Waals surface area (Å²) in [5.74, 6) is -0.499. The molecule has 19 heteroatoms. The molecule has 1 saturated heterocycles. The Morgan fingerprint density at radius 2 is 0.880 bits per heavy atom. The molecule has 18 nitrogen and oxygen atoms in total. The zero-order valence-corrected chi connectivity index (χ0v) is 47.3.